The Morgan fingerprint density at radius 1 is 1.52 bits per heavy atom. The summed E-state index contributed by atoms with van der Waals surface area (Å²) in [6.45, 7) is 3.47. The monoisotopic (exact) mass is 356 g/mol. The Hall–Kier alpha value is -0.980. The van der Waals surface area contributed by atoms with Crippen molar-refractivity contribution >= 4 is 21.6 Å². The van der Waals surface area contributed by atoms with E-state index in [9.17, 15) is 15.2 Å². The molecule has 0 aromatic heterocycles. The molecule has 2 rings (SSSR count). The van der Waals surface area contributed by atoms with E-state index in [1.807, 2.05) is 13.0 Å². The van der Waals surface area contributed by atoms with Gasteiger partial charge in [0.05, 0.1) is 15.5 Å². The van der Waals surface area contributed by atoms with Crippen LogP contribution in [0.25, 0.3) is 0 Å². The lowest BCUT2D eigenvalue weighted by atomic mass is 9.96. The first-order valence-corrected chi connectivity index (χ1v) is 8.12. The number of nitrogens with zero attached hydrogens (tertiary/aromatic N) is 2. The molecule has 1 N–H and O–H groups in total. The molecule has 2 unspecified atom stereocenters. The van der Waals surface area contributed by atoms with E-state index in [4.69, 9.17) is 0 Å². The Balaban J connectivity index is 2.15. The number of likely N-dealkylation sites (tertiary alicyclic amines) is 1. The number of nitro groups is 1. The van der Waals surface area contributed by atoms with Crippen molar-refractivity contribution in [3.8, 4) is 0 Å². The number of rotatable bonds is 5. The zero-order valence-electron chi connectivity index (χ0n) is 12.2. The first-order valence-electron chi connectivity index (χ1n) is 7.33. The van der Waals surface area contributed by atoms with Crippen molar-refractivity contribution in [2.24, 2.45) is 0 Å². The van der Waals surface area contributed by atoms with E-state index >= 15 is 0 Å². The number of aliphatic hydroxyl groups excluding tert-OH is 1. The molecule has 0 radical (unpaired) electrons. The smallest absolute Gasteiger partial charge is 0.283 e. The van der Waals surface area contributed by atoms with Gasteiger partial charge in [0.15, 0.2) is 0 Å². The van der Waals surface area contributed by atoms with Gasteiger partial charge in [-0.05, 0) is 54.2 Å². The topological polar surface area (TPSA) is 66.6 Å². The second kappa shape index (κ2) is 7.33. The van der Waals surface area contributed by atoms with Gasteiger partial charge in [-0.15, -0.1) is 0 Å². The first kappa shape index (κ1) is 16.4. The summed E-state index contributed by atoms with van der Waals surface area (Å²) in [5, 5.41) is 20.6. The average molecular weight is 357 g/mol. The summed E-state index contributed by atoms with van der Waals surface area (Å²) in [5.74, 6) is 0. The maximum atomic E-state index is 11.0. The van der Waals surface area contributed by atoms with E-state index < -0.39 is 0 Å². The third-order valence-electron chi connectivity index (χ3n) is 3.99. The largest absolute Gasteiger partial charge is 0.393 e. The molecule has 1 aromatic carbocycles. The summed E-state index contributed by atoms with van der Waals surface area (Å²) in [6, 6.07) is 5.51. The van der Waals surface area contributed by atoms with Crippen molar-refractivity contribution in [2.45, 2.75) is 51.3 Å². The van der Waals surface area contributed by atoms with Crippen LogP contribution in [0.4, 0.5) is 5.69 Å². The van der Waals surface area contributed by atoms with Crippen LogP contribution < -0.4 is 0 Å². The van der Waals surface area contributed by atoms with Gasteiger partial charge in [-0.2, -0.15) is 0 Å². The molecule has 1 aliphatic heterocycles. The van der Waals surface area contributed by atoms with Crippen LogP contribution in [0.3, 0.4) is 0 Å². The van der Waals surface area contributed by atoms with E-state index in [1.165, 1.54) is 12.5 Å². The molecular weight excluding hydrogens is 336 g/mol. The first-order chi connectivity index (χ1) is 9.99. The van der Waals surface area contributed by atoms with Crippen molar-refractivity contribution in [2.75, 3.05) is 6.54 Å². The van der Waals surface area contributed by atoms with Crippen molar-refractivity contribution in [1.82, 2.24) is 4.90 Å². The van der Waals surface area contributed by atoms with Crippen LogP contribution in [-0.4, -0.2) is 33.6 Å². The Labute approximate surface area is 133 Å². The Kier molecular flexibility index (Phi) is 5.72. The average Bonchev–Trinajstić information content (AvgIpc) is 2.42. The predicted molar refractivity (Wildman–Crippen MR) is 85.1 cm³/mol. The number of piperidine rings is 1. The fraction of sp³-hybridized carbons (Fsp3) is 0.600. The maximum absolute atomic E-state index is 11.0. The van der Waals surface area contributed by atoms with Gasteiger partial charge in [-0.3, -0.25) is 15.0 Å². The second-order valence-corrected chi connectivity index (χ2v) is 6.51. The summed E-state index contributed by atoms with van der Waals surface area (Å²) in [5.41, 5.74) is 1.04. The molecule has 2 atom stereocenters. The molecule has 1 fully saturated rings. The molecule has 116 valence electrons. The van der Waals surface area contributed by atoms with Crippen LogP contribution in [-0.2, 0) is 6.54 Å². The normalized spacial score (nSPS) is 21.2. The van der Waals surface area contributed by atoms with Crippen LogP contribution >= 0.6 is 15.9 Å². The van der Waals surface area contributed by atoms with E-state index in [0.717, 1.165) is 31.4 Å². The lowest BCUT2D eigenvalue weighted by Crippen LogP contribution is -2.40. The van der Waals surface area contributed by atoms with Crippen LogP contribution in [0.2, 0.25) is 0 Å². The highest BCUT2D eigenvalue weighted by Gasteiger charge is 2.25. The van der Waals surface area contributed by atoms with Gasteiger partial charge >= 0.3 is 0 Å². The van der Waals surface area contributed by atoms with E-state index in [-0.39, 0.29) is 16.7 Å². The molecule has 0 saturated carbocycles. The molecule has 0 spiro atoms. The number of hydrogen-bond acceptors (Lipinski definition) is 4. The van der Waals surface area contributed by atoms with E-state index in [1.54, 1.807) is 6.07 Å². The summed E-state index contributed by atoms with van der Waals surface area (Å²) in [6.07, 6.45) is 3.85. The van der Waals surface area contributed by atoms with Gasteiger partial charge in [0.2, 0.25) is 0 Å². The van der Waals surface area contributed by atoms with Crippen molar-refractivity contribution < 1.29 is 10.0 Å². The summed E-state index contributed by atoms with van der Waals surface area (Å²) >= 11 is 3.36. The number of nitro benzene ring substituents is 1. The van der Waals surface area contributed by atoms with E-state index in [2.05, 4.69) is 20.8 Å². The predicted octanol–water partition coefficient (Wildman–Crippen LogP) is 3.48. The quantitative estimate of drug-likeness (QED) is 0.647. The number of halogens is 1. The van der Waals surface area contributed by atoms with Crippen molar-refractivity contribution in [1.29, 1.82) is 0 Å². The molecule has 1 aliphatic rings. The summed E-state index contributed by atoms with van der Waals surface area (Å²) < 4.78 is 0.566. The lowest BCUT2D eigenvalue weighted by Gasteiger charge is -2.36. The van der Waals surface area contributed by atoms with Crippen LogP contribution in [0.1, 0.15) is 38.2 Å². The Morgan fingerprint density at radius 2 is 2.29 bits per heavy atom. The van der Waals surface area contributed by atoms with Gasteiger partial charge in [0, 0.05) is 18.7 Å². The molecule has 6 heteroatoms. The molecule has 1 heterocycles. The fourth-order valence-corrected chi connectivity index (χ4v) is 3.51. The Morgan fingerprint density at radius 3 is 2.95 bits per heavy atom. The molecule has 0 aliphatic carbocycles. The fourth-order valence-electron chi connectivity index (χ4n) is 2.98. The SMILES string of the molecule is CC(O)CC1CCCCN1Cc1cccc([N+](=O)[O-])c1Br. The molecule has 5 nitrogen and oxygen atoms in total. The van der Waals surface area contributed by atoms with Crippen molar-refractivity contribution in [3.05, 3.63) is 38.3 Å². The van der Waals surface area contributed by atoms with Crippen molar-refractivity contribution in [3.63, 3.8) is 0 Å². The highest BCUT2D eigenvalue weighted by molar-refractivity contribution is 9.10. The highest BCUT2D eigenvalue weighted by atomic mass is 79.9. The maximum Gasteiger partial charge on any atom is 0.283 e. The van der Waals surface area contributed by atoms with Gasteiger partial charge in [-0.25, -0.2) is 0 Å². The van der Waals surface area contributed by atoms with Crippen LogP contribution in [0.15, 0.2) is 22.7 Å². The highest BCUT2D eigenvalue weighted by Crippen LogP contribution is 2.31. The minimum atomic E-state index is -0.364. The zero-order chi connectivity index (χ0) is 15.4. The van der Waals surface area contributed by atoms with E-state index in [0.29, 0.717) is 17.1 Å². The molecular formula is C15H21BrN2O3. The number of hydrogen-bond donors (Lipinski definition) is 1. The Bertz CT molecular complexity index is 508. The van der Waals surface area contributed by atoms with Crippen LogP contribution in [0, 0.1) is 10.1 Å². The molecule has 0 bridgehead atoms. The molecule has 1 aromatic rings. The van der Waals surface area contributed by atoms with Crippen LogP contribution in [0.5, 0.6) is 0 Å². The third kappa shape index (κ3) is 4.25. The standard InChI is InChI=1S/C15H21BrN2O3/c1-11(19)9-13-6-2-3-8-17(13)10-12-5-4-7-14(15(12)16)18(20)21/h4-5,7,11,13,19H,2-3,6,8-10H2,1H3. The van der Waals surface area contributed by atoms with Gasteiger partial charge in [0.25, 0.3) is 5.69 Å². The summed E-state index contributed by atoms with van der Waals surface area (Å²) in [7, 11) is 0. The molecule has 0 amide bonds. The third-order valence-corrected chi connectivity index (χ3v) is 4.91. The molecule has 1 saturated heterocycles. The zero-order valence-corrected chi connectivity index (χ0v) is 13.8. The van der Waals surface area contributed by atoms with Gasteiger partial charge < -0.3 is 5.11 Å². The molecule has 21 heavy (non-hydrogen) atoms. The minimum Gasteiger partial charge on any atom is -0.393 e. The lowest BCUT2D eigenvalue weighted by molar-refractivity contribution is -0.385. The van der Waals surface area contributed by atoms with Gasteiger partial charge in [0.1, 0.15) is 0 Å². The van der Waals surface area contributed by atoms with Gasteiger partial charge in [-0.1, -0.05) is 18.6 Å². The number of aliphatic hydroxyl groups is 1. The second-order valence-electron chi connectivity index (χ2n) is 5.71. The summed E-state index contributed by atoms with van der Waals surface area (Å²) in [4.78, 5) is 13.0. The number of benzene rings is 1. The minimum absolute atomic E-state index is 0.108.